The number of benzene rings is 3. The highest BCUT2D eigenvalue weighted by Crippen LogP contribution is 2.38. The van der Waals surface area contributed by atoms with Gasteiger partial charge in [0.15, 0.2) is 0 Å². The minimum atomic E-state index is -4.57. The molecule has 1 amide bonds. The van der Waals surface area contributed by atoms with Crippen LogP contribution in [0.3, 0.4) is 0 Å². The summed E-state index contributed by atoms with van der Waals surface area (Å²) in [4.78, 5) is 12.4. The van der Waals surface area contributed by atoms with E-state index in [1.807, 2.05) is 30.3 Å². The van der Waals surface area contributed by atoms with Gasteiger partial charge in [-0.25, -0.2) is 0 Å². The monoisotopic (exact) mass is 496 g/mol. The number of ether oxygens (including phenoxy) is 1. The van der Waals surface area contributed by atoms with Gasteiger partial charge in [-0.3, -0.25) is 4.79 Å². The van der Waals surface area contributed by atoms with Crippen molar-refractivity contribution in [3.63, 3.8) is 0 Å². The molecule has 0 unspecified atom stereocenters. The third-order valence-corrected chi connectivity index (χ3v) is 6.47. The average molecular weight is 497 g/mol. The predicted molar refractivity (Wildman–Crippen MR) is 136 cm³/mol. The third kappa shape index (κ3) is 7.51. The van der Waals surface area contributed by atoms with Gasteiger partial charge in [0.25, 0.3) is 0 Å². The Labute approximate surface area is 209 Å². The molecule has 0 aromatic heterocycles. The zero-order chi connectivity index (χ0) is 25.4. The van der Waals surface area contributed by atoms with Gasteiger partial charge >= 0.3 is 6.18 Å². The SMILES string of the molecule is O=C(CCC1CCCCC1)Nc1cccc(Nc2ccc(OCc3ccccc3)cc2C(F)(F)F)c1. The van der Waals surface area contributed by atoms with E-state index in [4.69, 9.17) is 4.74 Å². The lowest BCUT2D eigenvalue weighted by atomic mass is 9.86. The van der Waals surface area contributed by atoms with Crippen LogP contribution in [-0.2, 0) is 17.6 Å². The molecule has 0 aliphatic heterocycles. The first-order valence-electron chi connectivity index (χ1n) is 12.4. The van der Waals surface area contributed by atoms with E-state index < -0.39 is 11.7 Å². The molecule has 4 rings (SSSR count). The first kappa shape index (κ1) is 25.6. The molecule has 7 heteroatoms. The second-order valence-electron chi connectivity index (χ2n) is 9.28. The van der Waals surface area contributed by atoms with E-state index >= 15 is 0 Å². The molecule has 0 atom stereocenters. The Morgan fingerprint density at radius 2 is 1.64 bits per heavy atom. The van der Waals surface area contributed by atoms with Crippen molar-refractivity contribution < 1.29 is 22.7 Å². The smallest absolute Gasteiger partial charge is 0.418 e. The molecule has 0 radical (unpaired) electrons. The minimum Gasteiger partial charge on any atom is -0.489 e. The van der Waals surface area contributed by atoms with Gasteiger partial charge in [0.2, 0.25) is 5.91 Å². The topological polar surface area (TPSA) is 50.4 Å². The van der Waals surface area contributed by atoms with E-state index in [0.717, 1.165) is 18.1 Å². The number of hydrogen-bond donors (Lipinski definition) is 2. The molecule has 0 saturated heterocycles. The largest absolute Gasteiger partial charge is 0.489 e. The van der Waals surface area contributed by atoms with Crippen LogP contribution in [0.15, 0.2) is 72.8 Å². The number of nitrogens with one attached hydrogen (secondary N) is 2. The van der Waals surface area contributed by atoms with Crippen LogP contribution in [0.4, 0.5) is 30.2 Å². The van der Waals surface area contributed by atoms with Gasteiger partial charge in [0.05, 0.1) is 11.3 Å². The Kier molecular flexibility index (Phi) is 8.52. The molecular formula is C29H31F3N2O2. The van der Waals surface area contributed by atoms with Gasteiger partial charge in [-0.15, -0.1) is 0 Å². The Morgan fingerprint density at radius 3 is 2.39 bits per heavy atom. The fourth-order valence-corrected chi connectivity index (χ4v) is 4.56. The van der Waals surface area contributed by atoms with E-state index in [0.29, 0.717) is 23.7 Å². The average Bonchev–Trinajstić information content (AvgIpc) is 2.88. The lowest BCUT2D eigenvalue weighted by molar-refractivity contribution is -0.137. The van der Waals surface area contributed by atoms with Crippen molar-refractivity contribution in [3.8, 4) is 5.75 Å². The number of carbonyl (C=O) groups excluding carboxylic acids is 1. The van der Waals surface area contributed by atoms with E-state index in [1.165, 1.54) is 44.2 Å². The highest BCUT2D eigenvalue weighted by Gasteiger charge is 2.34. The molecule has 0 spiro atoms. The maximum atomic E-state index is 13.8. The molecule has 1 aliphatic rings. The zero-order valence-corrected chi connectivity index (χ0v) is 20.1. The number of amides is 1. The summed E-state index contributed by atoms with van der Waals surface area (Å²) in [6, 6.07) is 19.9. The highest BCUT2D eigenvalue weighted by atomic mass is 19.4. The van der Waals surface area contributed by atoms with Gasteiger partial charge in [-0.2, -0.15) is 13.2 Å². The number of alkyl halides is 3. The maximum absolute atomic E-state index is 13.8. The van der Waals surface area contributed by atoms with Crippen LogP contribution in [-0.4, -0.2) is 5.91 Å². The van der Waals surface area contributed by atoms with E-state index in [2.05, 4.69) is 10.6 Å². The van der Waals surface area contributed by atoms with Gasteiger partial charge in [0.1, 0.15) is 12.4 Å². The van der Waals surface area contributed by atoms with Gasteiger partial charge < -0.3 is 15.4 Å². The summed E-state index contributed by atoms with van der Waals surface area (Å²) < 4.78 is 47.1. The van der Waals surface area contributed by atoms with Crippen LogP contribution in [0.1, 0.15) is 56.1 Å². The standard InChI is InChI=1S/C29H31F3N2O2/c30-29(31,32)26-19-25(36-20-22-10-5-2-6-11-22)15-16-27(26)33-23-12-7-13-24(18-23)34-28(35)17-14-21-8-3-1-4-9-21/h2,5-7,10-13,15-16,18-19,21,33H,1,3-4,8-9,14,17,20H2,(H,34,35). The molecule has 3 aromatic rings. The summed E-state index contributed by atoms with van der Waals surface area (Å²) in [5.41, 5.74) is 0.949. The van der Waals surface area contributed by atoms with Gasteiger partial charge in [0, 0.05) is 17.8 Å². The summed E-state index contributed by atoms with van der Waals surface area (Å²) in [5, 5.41) is 5.72. The van der Waals surface area contributed by atoms with Crippen LogP contribution < -0.4 is 15.4 Å². The molecule has 0 bridgehead atoms. The fraction of sp³-hybridized carbons (Fsp3) is 0.345. The molecule has 2 N–H and O–H groups in total. The molecule has 3 aromatic carbocycles. The van der Waals surface area contributed by atoms with Crippen LogP contribution >= 0.6 is 0 Å². The third-order valence-electron chi connectivity index (χ3n) is 6.47. The second kappa shape index (κ2) is 12.0. The molecule has 1 saturated carbocycles. The van der Waals surface area contributed by atoms with E-state index in [9.17, 15) is 18.0 Å². The molecule has 0 heterocycles. The maximum Gasteiger partial charge on any atom is 0.418 e. The van der Waals surface area contributed by atoms with Crippen molar-refractivity contribution in [2.45, 2.75) is 57.7 Å². The van der Waals surface area contributed by atoms with Crippen LogP contribution in [0.25, 0.3) is 0 Å². The number of carbonyl (C=O) groups is 1. The van der Waals surface area contributed by atoms with Crippen molar-refractivity contribution in [1.29, 1.82) is 0 Å². The zero-order valence-electron chi connectivity index (χ0n) is 20.1. The molecular weight excluding hydrogens is 465 g/mol. The number of hydrogen-bond acceptors (Lipinski definition) is 3. The lowest BCUT2D eigenvalue weighted by Gasteiger charge is -2.21. The summed E-state index contributed by atoms with van der Waals surface area (Å²) in [5.74, 6) is 0.669. The Morgan fingerprint density at radius 1 is 0.889 bits per heavy atom. The Hall–Kier alpha value is -3.48. The normalized spacial score (nSPS) is 14.3. The quantitative estimate of drug-likeness (QED) is 0.313. The molecule has 190 valence electrons. The summed E-state index contributed by atoms with van der Waals surface area (Å²) in [7, 11) is 0. The predicted octanol–water partition coefficient (Wildman–Crippen LogP) is 8.33. The van der Waals surface area contributed by atoms with Gasteiger partial charge in [-0.1, -0.05) is 68.5 Å². The number of halogens is 3. The van der Waals surface area contributed by atoms with Crippen LogP contribution in [0.2, 0.25) is 0 Å². The lowest BCUT2D eigenvalue weighted by Crippen LogP contribution is -2.15. The van der Waals surface area contributed by atoms with Gasteiger partial charge in [-0.05, 0) is 54.3 Å². The van der Waals surface area contributed by atoms with Crippen molar-refractivity contribution in [1.82, 2.24) is 0 Å². The number of rotatable bonds is 9. The summed E-state index contributed by atoms with van der Waals surface area (Å²) >= 11 is 0. The first-order valence-corrected chi connectivity index (χ1v) is 12.4. The molecule has 1 aliphatic carbocycles. The van der Waals surface area contributed by atoms with Crippen LogP contribution in [0, 0.1) is 5.92 Å². The molecule has 36 heavy (non-hydrogen) atoms. The van der Waals surface area contributed by atoms with Crippen molar-refractivity contribution in [3.05, 3.63) is 83.9 Å². The minimum absolute atomic E-state index is 0.0754. The summed E-state index contributed by atoms with van der Waals surface area (Å²) in [6.07, 6.45) is 2.87. The Bertz CT molecular complexity index is 1140. The van der Waals surface area contributed by atoms with Crippen molar-refractivity contribution >= 4 is 23.0 Å². The fourth-order valence-electron chi connectivity index (χ4n) is 4.56. The Balaban J connectivity index is 1.40. The first-order chi connectivity index (χ1) is 17.4. The van der Waals surface area contributed by atoms with Crippen molar-refractivity contribution in [2.24, 2.45) is 5.92 Å². The number of anilines is 3. The molecule has 1 fully saturated rings. The van der Waals surface area contributed by atoms with E-state index in [1.54, 1.807) is 24.3 Å². The van der Waals surface area contributed by atoms with E-state index in [-0.39, 0.29) is 24.0 Å². The second-order valence-corrected chi connectivity index (χ2v) is 9.28. The molecule has 4 nitrogen and oxygen atoms in total. The van der Waals surface area contributed by atoms with Crippen LogP contribution in [0.5, 0.6) is 5.75 Å². The summed E-state index contributed by atoms with van der Waals surface area (Å²) in [6.45, 7) is 0.174. The highest BCUT2D eigenvalue weighted by molar-refractivity contribution is 5.91. The van der Waals surface area contributed by atoms with Crippen molar-refractivity contribution in [2.75, 3.05) is 10.6 Å².